The maximum absolute atomic E-state index is 8.63. The summed E-state index contributed by atoms with van der Waals surface area (Å²) in [5.74, 6) is 0.357. The van der Waals surface area contributed by atoms with Crippen LogP contribution in [0.1, 0.15) is 23.9 Å². The van der Waals surface area contributed by atoms with E-state index in [1.54, 1.807) is 17.4 Å². The predicted octanol–water partition coefficient (Wildman–Crippen LogP) is 6.07. The van der Waals surface area contributed by atoms with Gasteiger partial charge in [-0.25, -0.2) is 9.97 Å². The van der Waals surface area contributed by atoms with E-state index >= 15 is 0 Å². The van der Waals surface area contributed by atoms with E-state index < -0.39 is 0 Å². The van der Waals surface area contributed by atoms with E-state index in [4.69, 9.17) is 10.5 Å². The zero-order valence-corrected chi connectivity index (χ0v) is 14.4. The Balaban J connectivity index is 2.18. The molecule has 0 aliphatic heterocycles. The van der Waals surface area contributed by atoms with E-state index in [1.807, 2.05) is 24.3 Å². The highest BCUT2D eigenvalue weighted by molar-refractivity contribution is 7.15. The Morgan fingerprint density at radius 2 is 1.96 bits per heavy atom. The maximum Gasteiger partial charge on any atom is 0.127 e. The van der Waals surface area contributed by atoms with Crippen molar-refractivity contribution in [3.05, 3.63) is 63.5 Å². The van der Waals surface area contributed by atoms with Crippen LogP contribution in [-0.2, 0) is 6.42 Å². The lowest BCUT2D eigenvalue weighted by Gasteiger charge is -2.06. The average molecular weight is 335 g/mol. The Morgan fingerprint density at radius 3 is 2.71 bits per heavy atom. The Hall–Kier alpha value is -2.69. The van der Waals surface area contributed by atoms with Gasteiger partial charge in [-0.1, -0.05) is 37.3 Å². The fourth-order valence-electron chi connectivity index (χ4n) is 2.53. The van der Waals surface area contributed by atoms with Crippen molar-refractivity contribution in [1.82, 2.24) is 9.97 Å². The maximum atomic E-state index is 8.63. The van der Waals surface area contributed by atoms with Gasteiger partial charge in [0.2, 0.25) is 0 Å². The molecule has 24 heavy (non-hydrogen) atoms. The number of nitrogens with zero attached hydrogens (tertiary/aromatic N) is 5. The zero-order chi connectivity index (χ0) is 16.9. The number of aromatic nitrogens is 2. The van der Waals surface area contributed by atoms with Crippen molar-refractivity contribution in [3.63, 3.8) is 0 Å². The van der Waals surface area contributed by atoms with E-state index in [0.717, 1.165) is 34.1 Å². The summed E-state index contributed by atoms with van der Waals surface area (Å²) in [6.45, 7) is 4.25. The van der Waals surface area contributed by atoms with Crippen LogP contribution < -0.4 is 0 Å². The topological polar surface area (TPSA) is 74.5 Å². The second kappa shape index (κ2) is 7.25. The molecule has 1 aromatic carbocycles. The number of rotatable bonds is 5. The number of hydrogen-bond donors (Lipinski definition) is 0. The summed E-state index contributed by atoms with van der Waals surface area (Å²) in [4.78, 5) is 13.2. The molecule has 0 N–H and O–H groups in total. The molecule has 0 saturated carbocycles. The Kier molecular flexibility index (Phi) is 4.89. The largest absolute Gasteiger partial charge is 0.244 e. The van der Waals surface area contributed by atoms with Crippen molar-refractivity contribution >= 4 is 17.2 Å². The minimum Gasteiger partial charge on any atom is -0.244 e. The molecule has 2 heterocycles. The van der Waals surface area contributed by atoms with Gasteiger partial charge in [-0.05, 0) is 53.7 Å². The van der Waals surface area contributed by atoms with Gasteiger partial charge < -0.3 is 0 Å². The fraction of sp³-hybridized carbons (Fsp3) is 0.222. The Bertz CT molecular complexity index is 909. The molecule has 3 rings (SSSR count). The van der Waals surface area contributed by atoms with E-state index in [-0.39, 0.29) is 0 Å². The molecule has 0 radical (unpaired) electrons. The van der Waals surface area contributed by atoms with Crippen molar-refractivity contribution in [2.24, 2.45) is 5.11 Å². The van der Waals surface area contributed by atoms with Crippen LogP contribution >= 0.6 is 11.3 Å². The van der Waals surface area contributed by atoms with Crippen LogP contribution in [0.3, 0.4) is 0 Å². The summed E-state index contributed by atoms with van der Waals surface area (Å²) in [5.41, 5.74) is 12.6. The summed E-state index contributed by atoms with van der Waals surface area (Å²) in [6.07, 6.45) is 1.99. The summed E-state index contributed by atoms with van der Waals surface area (Å²) in [7, 11) is 0. The number of aryl methyl sites for hydroxylation is 2. The highest BCUT2D eigenvalue weighted by Gasteiger charge is 2.17. The normalized spacial score (nSPS) is 10.4. The molecular formula is C18H17N5S. The second-order valence-electron chi connectivity index (χ2n) is 5.42. The van der Waals surface area contributed by atoms with Crippen LogP contribution in [0.15, 0.2) is 47.6 Å². The van der Waals surface area contributed by atoms with E-state index in [2.05, 4.69) is 41.0 Å². The molecule has 120 valence electrons. The predicted molar refractivity (Wildman–Crippen MR) is 98.3 cm³/mol. The van der Waals surface area contributed by atoms with E-state index in [9.17, 15) is 0 Å². The van der Waals surface area contributed by atoms with Crippen molar-refractivity contribution in [2.45, 2.75) is 26.7 Å². The minimum atomic E-state index is 0.357. The molecule has 6 heteroatoms. The van der Waals surface area contributed by atoms with Crippen LogP contribution in [-0.4, -0.2) is 9.97 Å². The summed E-state index contributed by atoms with van der Waals surface area (Å²) >= 11 is 1.71. The average Bonchev–Trinajstić information content (AvgIpc) is 3.00. The first-order valence-corrected chi connectivity index (χ1v) is 8.62. The van der Waals surface area contributed by atoms with Crippen LogP contribution in [0.2, 0.25) is 0 Å². The number of hydrogen-bond acceptors (Lipinski definition) is 4. The molecule has 0 atom stereocenters. The first-order valence-electron chi connectivity index (χ1n) is 7.81. The quantitative estimate of drug-likeness (QED) is 0.322. The minimum absolute atomic E-state index is 0.357. The van der Waals surface area contributed by atoms with Crippen LogP contribution in [0.5, 0.6) is 0 Å². The smallest absolute Gasteiger partial charge is 0.127 e. The lowest BCUT2D eigenvalue weighted by molar-refractivity contribution is 0.909. The van der Waals surface area contributed by atoms with E-state index in [1.165, 1.54) is 11.1 Å². The van der Waals surface area contributed by atoms with Gasteiger partial charge in [0.05, 0.1) is 15.6 Å². The summed E-state index contributed by atoms with van der Waals surface area (Å²) in [5, 5.41) is 4.70. The van der Waals surface area contributed by atoms with Crippen LogP contribution in [0.25, 0.3) is 32.3 Å². The van der Waals surface area contributed by atoms with Crippen molar-refractivity contribution in [2.75, 3.05) is 0 Å². The highest BCUT2D eigenvalue weighted by Crippen LogP contribution is 2.38. The monoisotopic (exact) mass is 335 g/mol. The van der Waals surface area contributed by atoms with Gasteiger partial charge in [0.15, 0.2) is 0 Å². The van der Waals surface area contributed by atoms with Gasteiger partial charge in [0.1, 0.15) is 11.5 Å². The molecular weight excluding hydrogens is 318 g/mol. The third kappa shape index (κ3) is 3.30. The standard InChI is InChI=1S/C18H17N5S/c1-3-7-16-21-17(14-10-6-11-15(20-14)22-23-19)18(24-16)13-9-5-4-8-12(13)2/h4-6,8-11H,3,7H2,1-2H3. The second-order valence-corrected chi connectivity index (χ2v) is 6.50. The van der Waals surface area contributed by atoms with Crippen molar-refractivity contribution in [1.29, 1.82) is 0 Å². The number of thiazole rings is 1. The first-order chi connectivity index (χ1) is 11.7. The molecule has 0 aliphatic carbocycles. The van der Waals surface area contributed by atoms with Gasteiger partial charge in [-0.3, -0.25) is 0 Å². The summed E-state index contributed by atoms with van der Waals surface area (Å²) in [6, 6.07) is 13.7. The molecule has 0 unspecified atom stereocenters. The molecule has 5 nitrogen and oxygen atoms in total. The van der Waals surface area contributed by atoms with Crippen molar-refractivity contribution < 1.29 is 0 Å². The third-order valence-corrected chi connectivity index (χ3v) is 4.80. The fourth-order valence-corrected chi connectivity index (χ4v) is 3.79. The molecule has 0 aliphatic rings. The van der Waals surface area contributed by atoms with Gasteiger partial charge in [-0.2, -0.15) is 0 Å². The van der Waals surface area contributed by atoms with Crippen LogP contribution in [0, 0.1) is 6.92 Å². The van der Waals surface area contributed by atoms with Crippen LogP contribution in [0.4, 0.5) is 5.82 Å². The lowest BCUT2D eigenvalue weighted by atomic mass is 10.1. The Labute approximate surface area is 144 Å². The molecule has 0 bridgehead atoms. The lowest BCUT2D eigenvalue weighted by Crippen LogP contribution is -1.88. The SMILES string of the molecule is CCCc1nc(-c2cccc(N=[N+]=[N-])n2)c(-c2ccccc2C)s1. The molecule has 0 spiro atoms. The van der Waals surface area contributed by atoms with E-state index in [0.29, 0.717) is 5.82 Å². The van der Waals surface area contributed by atoms with Gasteiger partial charge in [0.25, 0.3) is 0 Å². The highest BCUT2D eigenvalue weighted by atomic mass is 32.1. The van der Waals surface area contributed by atoms with Gasteiger partial charge in [-0.15, -0.1) is 11.3 Å². The third-order valence-electron chi connectivity index (χ3n) is 3.65. The number of azide groups is 1. The molecule has 0 fully saturated rings. The molecule has 3 aromatic rings. The zero-order valence-electron chi connectivity index (χ0n) is 13.6. The Morgan fingerprint density at radius 1 is 1.12 bits per heavy atom. The van der Waals surface area contributed by atoms with Gasteiger partial charge >= 0.3 is 0 Å². The molecule has 0 saturated heterocycles. The number of benzene rings is 1. The van der Waals surface area contributed by atoms with Crippen molar-refractivity contribution in [3.8, 4) is 21.8 Å². The molecule has 0 amide bonds. The summed E-state index contributed by atoms with van der Waals surface area (Å²) < 4.78 is 0. The van der Waals surface area contributed by atoms with Gasteiger partial charge in [0, 0.05) is 4.91 Å². The number of pyridine rings is 1. The first kappa shape index (κ1) is 16.2. The molecule has 2 aromatic heterocycles.